The maximum atomic E-state index is 13.3. The molecule has 1 heterocycles. The van der Waals surface area contributed by atoms with Crippen molar-refractivity contribution in [3.8, 4) is 0 Å². The number of anilines is 1. The number of nitrogens with zero attached hydrogens (tertiary/aromatic N) is 2. The summed E-state index contributed by atoms with van der Waals surface area (Å²) in [6, 6.07) is 14.4. The molecule has 1 saturated carbocycles. The largest absolute Gasteiger partial charge is 0.416 e. The van der Waals surface area contributed by atoms with E-state index in [1.165, 1.54) is 12.1 Å². The molecule has 9 heteroatoms. The molecule has 2 atom stereocenters. The maximum Gasteiger partial charge on any atom is 0.416 e. The lowest BCUT2D eigenvalue weighted by Crippen LogP contribution is -2.44. The van der Waals surface area contributed by atoms with Gasteiger partial charge in [0.1, 0.15) is 0 Å². The molecule has 4 rings (SSSR count). The van der Waals surface area contributed by atoms with Gasteiger partial charge >= 0.3 is 6.18 Å². The predicted molar refractivity (Wildman–Crippen MR) is 125 cm³/mol. The predicted octanol–water partition coefficient (Wildman–Crippen LogP) is 5.02. The Labute approximate surface area is 199 Å². The topological polar surface area (TPSA) is 35.6 Å². The van der Waals surface area contributed by atoms with E-state index in [-0.39, 0.29) is 42.5 Å². The zero-order chi connectivity index (χ0) is 21.3. The standard InChI is InChI=1S/C23H26F3N3O.2ClH/c1-28-12-10-18(11-13-28)27-20-15-21(20)29(19-8-3-2-4-9-19)22(30)16-6-5-7-17(14-16)23(24,25)26;;/h2-9,14,18,20-21,27H,10-13,15H2,1H3;2*1H/t20-,21+;;/m0../s1. The number of carbonyl (C=O) groups excluding carboxylic acids is 1. The fourth-order valence-electron chi connectivity index (χ4n) is 4.14. The summed E-state index contributed by atoms with van der Waals surface area (Å²) in [5.74, 6) is -0.398. The summed E-state index contributed by atoms with van der Waals surface area (Å²) in [6.07, 6.45) is -1.56. The molecule has 0 radical (unpaired) electrons. The molecule has 0 unspecified atom stereocenters. The lowest BCUT2D eigenvalue weighted by atomic mass is 10.1. The summed E-state index contributed by atoms with van der Waals surface area (Å²) >= 11 is 0. The lowest BCUT2D eigenvalue weighted by Gasteiger charge is -2.30. The Morgan fingerprint density at radius 3 is 2.31 bits per heavy atom. The van der Waals surface area contributed by atoms with Crippen LogP contribution in [0.15, 0.2) is 54.6 Å². The van der Waals surface area contributed by atoms with Crippen molar-refractivity contribution in [2.24, 2.45) is 0 Å². The summed E-state index contributed by atoms with van der Waals surface area (Å²) in [5.41, 5.74) is -0.0469. The molecule has 0 bridgehead atoms. The van der Waals surface area contributed by atoms with Crippen LogP contribution >= 0.6 is 24.8 Å². The third-order valence-corrected chi connectivity index (χ3v) is 5.95. The van der Waals surface area contributed by atoms with Gasteiger partial charge in [0.25, 0.3) is 5.91 Å². The number of rotatable bonds is 5. The van der Waals surface area contributed by atoms with Crippen LogP contribution in [0.4, 0.5) is 18.9 Å². The van der Waals surface area contributed by atoms with E-state index in [0.29, 0.717) is 11.7 Å². The number of amides is 1. The number of nitrogens with one attached hydrogen (secondary N) is 1. The van der Waals surface area contributed by atoms with E-state index in [4.69, 9.17) is 0 Å². The minimum Gasteiger partial charge on any atom is -0.309 e. The average Bonchev–Trinajstić information content (AvgIpc) is 3.48. The number of alkyl halides is 3. The Morgan fingerprint density at radius 2 is 1.69 bits per heavy atom. The van der Waals surface area contributed by atoms with Crippen LogP contribution < -0.4 is 10.2 Å². The van der Waals surface area contributed by atoms with Crippen molar-refractivity contribution in [3.63, 3.8) is 0 Å². The van der Waals surface area contributed by atoms with E-state index < -0.39 is 17.6 Å². The summed E-state index contributed by atoms with van der Waals surface area (Å²) in [6.45, 7) is 2.08. The zero-order valence-corrected chi connectivity index (χ0v) is 19.3. The first kappa shape index (κ1) is 26.5. The third-order valence-electron chi connectivity index (χ3n) is 5.95. The van der Waals surface area contributed by atoms with Crippen molar-refractivity contribution in [2.75, 3.05) is 25.0 Å². The molecule has 0 spiro atoms. The van der Waals surface area contributed by atoms with Gasteiger partial charge < -0.3 is 15.1 Å². The van der Waals surface area contributed by atoms with Gasteiger partial charge in [0.2, 0.25) is 0 Å². The number of para-hydroxylation sites is 1. The average molecular weight is 490 g/mol. The highest BCUT2D eigenvalue weighted by Gasteiger charge is 2.46. The van der Waals surface area contributed by atoms with Crippen LogP contribution in [0.2, 0.25) is 0 Å². The van der Waals surface area contributed by atoms with Gasteiger partial charge in [-0.1, -0.05) is 24.3 Å². The summed E-state index contributed by atoms with van der Waals surface area (Å²) in [5, 5.41) is 3.66. The number of benzene rings is 2. The minimum atomic E-state index is -4.48. The fraction of sp³-hybridized carbons (Fsp3) is 0.435. The summed E-state index contributed by atoms with van der Waals surface area (Å²) in [4.78, 5) is 17.3. The van der Waals surface area contributed by atoms with E-state index in [9.17, 15) is 18.0 Å². The van der Waals surface area contributed by atoms with Gasteiger partial charge in [0, 0.05) is 23.3 Å². The third kappa shape index (κ3) is 6.16. The van der Waals surface area contributed by atoms with Crippen molar-refractivity contribution in [1.82, 2.24) is 10.2 Å². The summed E-state index contributed by atoms with van der Waals surface area (Å²) in [7, 11) is 2.11. The van der Waals surface area contributed by atoms with Gasteiger partial charge in [-0.15, -0.1) is 24.8 Å². The van der Waals surface area contributed by atoms with Crippen molar-refractivity contribution in [3.05, 3.63) is 65.7 Å². The van der Waals surface area contributed by atoms with Crippen molar-refractivity contribution in [1.29, 1.82) is 0 Å². The highest BCUT2D eigenvalue weighted by atomic mass is 35.5. The van der Waals surface area contributed by atoms with Gasteiger partial charge in [-0.25, -0.2) is 0 Å². The lowest BCUT2D eigenvalue weighted by molar-refractivity contribution is -0.137. The Bertz CT molecular complexity index is 890. The molecular weight excluding hydrogens is 462 g/mol. The Morgan fingerprint density at radius 1 is 1.03 bits per heavy atom. The molecule has 1 aliphatic carbocycles. The second kappa shape index (κ2) is 10.9. The second-order valence-corrected chi connectivity index (χ2v) is 8.24. The Hall–Kier alpha value is -1.80. The highest BCUT2D eigenvalue weighted by molar-refractivity contribution is 6.07. The quantitative estimate of drug-likeness (QED) is 0.640. The van der Waals surface area contributed by atoms with E-state index in [1.807, 2.05) is 30.3 Å². The smallest absolute Gasteiger partial charge is 0.309 e. The van der Waals surface area contributed by atoms with Gasteiger partial charge in [-0.05, 0) is 69.7 Å². The molecular formula is C23H28Cl2F3N3O. The number of likely N-dealkylation sites (tertiary alicyclic amines) is 1. The van der Waals surface area contributed by atoms with E-state index in [2.05, 4.69) is 17.3 Å². The molecule has 2 aliphatic rings. The molecule has 4 nitrogen and oxygen atoms in total. The molecule has 1 N–H and O–H groups in total. The minimum absolute atomic E-state index is 0. The van der Waals surface area contributed by atoms with E-state index in [1.54, 1.807) is 4.90 Å². The maximum absolute atomic E-state index is 13.3. The van der Waals surface area contributed by atoms with Crippen molar-refractivity contribution in [2.45, 2.75) is 43.6 Å². The molecule has 1 aliphatic heterocycles. The first-order valence-corrected chi connectivity index (χ1v) is 10.3. The van der Waals surface area contributed by atoms with Crippen LogP contribution in [0.1, 0.15) is 35.2 Å². The molecule has 1 saturated heterocycles. The van der Waals surface area contributed by atoms with Crippen LogP contribution in [-0.4, -0.2) is 49.1 Å². The van der Waals surface area contributed by atoms with Gasteiger partial charge in [0.05, 0.1) is 11.6 Å². The van der Waals surface area contributed by atoms with Crippen LogP contribution in [-0.2, 0) is 6.18 Å². The van der Waals surface area contributed by atoms with Crippen molar-refractivity contribution < 1.29 is 18.0 Å². The first-order chi connectivity index (χ1) is 14.3. The fourth-order valence-corrected chi connectivity index (χ4v) is 4.14. The van der Waals surface area contributed by atoms with Gasteiger partial charge in [-0.2, -0.15) is 13.2 Å². The van der Waals surface area contributed by atoms with Crippen LogP contribution in [0.25, 0.3) is 0 Å². The first-order valence-electron chi connectivity index (χ1n) is 10.3. The normalized spacial score (nSPS) is 21.2. The van der Waals surface area contributed by atoms with Gasteiger partial charge in [0.15, 0.2) is 0 Å². The molecule has 2 aromatic rings. The van der Waals surface area contributed by atoms with Crippen LogP contribution in [0.3, 0.4) is 0 Å². The molecule has 2 aromatic carbocycles. The number of hydrogen-bond donors (Lipinski definition) is 1. The zero-order valence-electron chi connectivity index (χ0n) is 17.7. The molecule has 176 valence electrons. The molecule has 32 heavy (non-hydrogen) atoms. The van der Waals surface area contributed by atoms with E-state index in [0.717, 1.165) is 44.5 Å². The Balaban J connectivity index is 0.00000181. The molecule has 0 aromatic heterocycles. The monoisotopic (exact) mass is 489 g/mol. The van der Waals surface area contributed by atoms with Crippen molar-refractivity contribution >= 4 is 36.4 Å². The van der Waals surface area contributed by atoms with Crippen LogP contribution in [0.5, 0.6) is 0 Å². The Kier molecular flexibility index (Phi) is 8.99. The van der Waals surface area contributed by atoms with E-state index >= 15 is 0 Å². The summed E-state index contributed by atoms with van der Waals surface area (Å²) < 4.78 is 39.4. The van der Waals surface area contributed by atoms with Gasteiger partial charge in [-0.3, -0.25) is 4.79 Å². The number of halogens is 5. The molecule has 2 fully saturated rings. The second-order valence-electron chi connectivity index (χ2n) is 8.24. The number of hydrogen-bond acceptors (Lipinski definition) is 3. The highest BCUT2D eigenvalue weighted by Crippen LogP contribution is 2.36. The van der Waals surface area contributed by atoms with Crippen LogP contribution in [0, 0.1) is 0 Å². The molecule has 1 amide bonds. The SMILES string of the molecule is CN1CCC(N[C@H]2C[C@H]2N(C(=O)c2cccc(C(F)(F)F)c2)c2ccccc2)CC1.Cl.Cl. The number of piperidine rings is 1. The number of carbonyl (C=O) groups is 1.